The maximum atomic E-state index is 4.52. The summed E-state index contributed by atoms with van der Waals surface area (Å²) < 4.78 is 0. The molecule has 3 aromatic rings. The van der Waals surface area contributed by atoms with E-state index in [1.54, 1.807) is 0 Å². The van der Waals surface area contributed by atoms with E-state index in [1.165, 1.54) is 10.8 Å². The summed E-state index contributed by atoms with van der Waals surface area (Å²) in [6.07, 6.45) is 0. The van der Waals surface area contributed by atoms with Gasteiger partial charge in [0.05, 0.1) is 11.0 Å². The summed E-state index contributed by atoms with van der Waals surface area (Å²) >= 11 is 0. The molecule has 0 bridgehead atoms. The summed E-state index contributed by atoms with van der Waals surface area (Å²) in [5, 5.41) is 2.35. The van der Waals surface area contributed by atoms with Gasteiger partial charge in [-0.2, -0.15) is 0 Å². The predicted octanol–water partition coefficient (Wildman–Crippen LogP) is 3.40. The molecular weight excluding hydrogens is 196 g/mol. The van der Waals surface area contributed by atoms with E-state index in [0.29, 0.717) is 0 Å². The number of pyridine rings is 2. The molecule has 2 aromatic heterocycles. The van der Waals surface area contributed by atoms with Crippen LogP contribution in [0.2, 0.25) is 0 Å². The van der Waals surface area contributed by atoms with Gasteiger partial charge in [-0.1, -0.05) is 12.1 Å². The van der Waals surface area contributed by atoms with E-state index in [2.05, 4.69) is 22.1 Å². The standard InChI is InChI=1S/C14H12N2/c1-9-3-5-11-12-6-4-10(2)16-14(12)8-7-13(11)15-9/h3-8H,1-2H3. The molecule has 0 aliphatic rings. The van der Waals surface area contributed by atoms with Gasteiger partial charge in [0.2, 0.25) is 0 Å². The predicted molar refractivity (Wildman–Crippen MR) is 66.5 cm³/mol. The third-order valence-corrected chi connectivity index (χ3v) is 2.82. The lowest BCUT2D eigenvalue weighted by Crippen LogP contribution is -1.87. The van der Waals surface area contributed by atoms with E-state index in [0.717, 1.165) is 22.4 Å². The van der Waals surface area contributed by atoms with E-state index in [4.69, 9.17) is 0 Å². The van der Waals surface area contributed by atoms with Gasteiger partial charge in [0.15, 0.2) is 0 Å². The minimum Gasteiger partial charge on any atom is -0.253 e. The van der Waals surface area contributed by atoms with Crippen LogP contribution >= 0.6 is 0 Å². The van der Waals surface area contributed by atoms with Crippen molar-refractivity contribution in [2.45, 2.75) is 13.8 Å². The minimum atomic E-state index is 1.04. The van der Waals surface area contributed by atoms with Gasteiger partial charge in [-0.3, -0.25) is 9.97 Å². The van der Waals surface area contributed by atoms with Crippen molar-refractivity contribution in [2.24, 2.45) is 0 Å². The van der Waals surface area contributed by atoms with Crippen molar-refractivity contribution in [3.63, 3.8) is 0 Å². The van der Waals surface area contributed by atoms with Gasteiger partial charge < -0.3 is 0 Å². The average molecular weight is 208 g/mol. The summed E-state index contributed by atoms with van der Waals surface area (Å²) in [7, 11) is 0. The Bertz CT molecular complexity index is 626. The molecule has 0 saturated carbocycles. The molecule has 2 heteroatoms. The van der Waals surface area contributed by atoms with Gasteiger partial charge in [0.25, 0.3) is 0 Å². The Morgan fingerprint density at radius 1 is 0.625 bits per heavy atom. The van der Waals surface area contributed by atoms with E-state index in [9.17, 15) is 0 Å². The molecule has 0 fully saturated rings. The van der Waals surface area contributed by atoms with Crippen molar-refractivity contribution >= 4 is 21.8 Å². The molecule has 0 unspecified atom stereocenters. The third kappa shape index (κ3) is 1.34. The number of rotatable bonds is 0. The Morgan fingerprint density at radius 3 is 1.50 bits per heavy atom. The zero-order valence-electron chi connectivity index (χ0n) is 9.36. The average Bonchev–Trinajstić information content (AvgIpc) is 2.28. The quantitative estimate of drug-likeness (QED) is 0.529. The van der Waals surface area contributed by atoms with Gasteiger partial charge in [0.1, 0.15) is 0 Å². The van der Waals surface area contributed by atoms with Gasteiger partial charge >= 0.3 is 0 Å². The van der Waals surface area contributed by atoms with Crippen LogP contribution in [0.15, 0.2) is 36.4 Å². The van der Waals surface area contributed by atoms with E-state index >= 15 is 0 Å². The van der Waals surface area contributed by atoms with Crippen molar-refractivity contribution < 1.29 is 0 Å². The van der Waals surface area contributed by atoms with Crippen molar-refractivity contribution in [2.75, 3.05) is 0 Å². The van der Waals surface area contributed by atoms with Crippen molar-refractivity contribution in [1.29, 1.82) is 0 Å². The highest BCUT2D eigenvalue weighted by Gasteiger charge is 2.02. The molecule has 0 radical (unpaired) electrons. The zero-order chi connectivity index (χ0) is 11.1. The summed E-state index contributed by atoms with van der Waals surface area (Å²) in [6.45, 7) is 4.02. The van der Waals surface area contributed by atoms with Crippen LogP contribution in [0.5, 0.6) is 0 Å². The summed E-state index contributed by atoms with van der Waals surface area (Å²) in [6, 6.07) is 12.4. The van der Waals surface area contributed by atoms with Crippen molar-refractivity contribution in [3.8, 4) is 0 Å². The normalized spacial score (nSPS) is 11.1. The molecule has 2 nitrogen and oxygen atoms in total. The monoisotopic (exact) mass is 208 g/mol. The van der Waals surface area contributed by atoms with Crippen LogP contribution in [0.3, 0.4) is 0 Å². The minimum absolute atomic E-state index is 1.04. The SMILES string of the molecule is Cc1ccc2c(ccc3nc(C)ccc32)n1. The Morgan fingerprint density at radius 2 is 1.06 bits per heavy atom. The number of fused-ring (bicyclic) bond motifs is 3. The van der Waals surface area contributed by atoms with Crippen LogP contribution in [0.4, 0.5) is 0 Å². The smallest absolute Gasteiger partial charge is 0.0712 e. The summed E-state index contributed by atoms with van der Waals surface area (Å²) in [5.41, 5.74) is 4.18. The first-order valence-electron chi connectivity index (χ1n) is 5.38. The van der Waals surface area contributed by atoms with E-state index < -0.39 is 0 Å². The van der Waals surface area contributed by atoms with Crippen LogP contribution in [-0.4, -0.2) is 9.97 Å². The molecule has 0 aliphatic carbocycles. The molecule has 78 valence electrons. The maximum Gasteiger partial charge on any atom is 0.0712 e. The molecule has 1 aromatic carbocycles. The molecule has 0 aliphatic heterocycles. The first-order valence-corrected chi connectivity index (χ1v) is 5.38. The Hall–Kier alpha value is -1.96. The highest BCUT2D eigenvalue weighted by molar-refractivity contribution is 6.04. The maximum absolute atomic E-state index is 4.52. The number of aryl methyl sites for hydroxylation is 2. The second-order valence-corrected chi connectivity index (χ2v) is 4.10. The Balaban J connectivity index is 2.50. The number of nitrogens with zero attached hydrogens (tertiary/aromatic N) is 2. The fourth-order valence-corrected chi connectivity index (χ4v) is 2.02. The van der Waals surface area contributed by atoms with Crippen LogP contribution in [-0.2, 0) is 0 Å². The lowest BCUT2D eigenvalue weighted by molar-refractivity contribution is 1.24. The highest BCUT2D eigenvalue weighted by atomic mass is 14.7. The van der Waals surface area contributed by atoms with Gasteiger partial charge in [-0.25, -0.2) is 0 Å². The van der Waals surface area contributed by atoms with E-state index in [-0.39, 0.29) is 0 Å². The second kappa shape index (κ2) is 3.27. The lowest BCUT2D eigenvalue weighted by Gasteiger charge is -2.04. The fraction of sp³-hybridized carbons (Fsp3) is 0.143. The van der Waals surface area contributed by atoms with Gasteiger partial charge in [-0.15, -0.1) is 0 Å². The van der Waals surface area contributed by atoms with Crippen LogP contribution in [0, 0.1) is 13.8 Å². The molecule has 3 rings (SSSR count). The lowest BCUT2D eigenvalue weighted by atomic mass is 10.1. The van der Waals surface area contributed by atoms with Gasteiger partial charge in [0, 0.05) is 22.2 Å². The Kier molecular flexibility index (Phi) is 1.90. The number of hydrogen-bond donors (Lipinski definition) is 0. The first kappa shape index (κ1) is 9.28. The number of aromatic nitrogens is 2. The molecule has 0 atom stereocenters. The largest absolute Gasteiger partial charge is 0.253 e. The Labute approximate surface area is 94.0 Å². The highest BCUT2D eigenvalue weighted by Crippen LogP contribution is 2.23. The van der Waals surface area contributed by atoms with E-state index in [1.807, 2.05) is 38.1 Å². The van der Waals surface area contributed by atoms with Crippen LogP contribution < -0.4 is 0 Å². The molecule has 0 amide bonds. The molecular formula is C14H12N2. The van der Waals surface area contributed by atoms with Crippen molar-refractivity contribution in [1.82, 2.24) is 9.97 Å². The molecule has 16 heavy (non-hydrogen) atoms. The molecule has 0 saturated heterocycles. The summed E-state index contributed by atoms with van der Waals surface area (Å²) in [5.74, 6) is 0. The fourth-order valence-electron chi connectivity index (χ4n) is 2.02. The van der Waals surface area contributed by atoms with Crippen LogP contribution in [0.1, 0.15) is 11.4 Å². The third-order valence-electron chi connectivity index (χ3n) is 2.82. The van der Waals surface area contributed by atoms with Gasteiger partial charge in [-0.05, 0) is 38.1 Å². The molecule has 2 heterocycles. The topological polar surface area (TPSA) is 25.8 Å². The number of benzene rings is 1. The molecule has 0 N–H and O–H groups in total. The molecule has 0 spiro atoms. The van der Waals surface area contributed by atoms with Crippen LogP contribution in [0.25, 0.3) is 21.8 Å². The first-order chi connectivity index (χ1) is 7.74. The summed E-state index contributed by atoms with van der Waals surface area (Å²) in [4.78, 5) is 9.04. The zero-order valence-corrected chi connectivity index (χ0v) is 9.36. The number of hydrogen-bond acceptors (Lipinski definition) is 2. The van der Waals surface area contributed by atoms with Crippen molar-refractivity contribution in [3.05, 3.63) is 47.8 Å². The second-order valence-electron chi connectivity index (χ2n) is 4.10.